The average molecular weight is 332 g/mol. The van der Waals surface area contributed by atoms with Crippen LogP contribution in [0, 0.1) is 13.8 Å². The molecule has 3 rings (SSSR count). The van der Waals surface area contributed by atoms with E-state index >= 15 is 0 Å². The maximum absolute atomic E-state index is 12.2. The molecule has 0 aliphatic heterocycles. The Balaban J connectivity index is 1.95. The lowest BCUT2D eigenvalue weighted by Gasteiger charge is -2.19. The zero-order valence-corrected chi connectivity index (χ0v) is 14.7. The Morgan fingerprint density at radius 3 is 2.65 bits per heavy atom. The van der Waals surface area contributed by atoms with Crippen LogP contribution in [-0.2, 0) is 12.1 Å². The molecule has 0 spiro atoms. The second kappa shape index (κ2) is 5.45. The van der Waals surface area contributed by atoms with Crippen LogP contribution >= 0.6 is 11.3 Å². The van der Waals surface area contributed by atoms with Crippen molar-refractivity contribution in [1.29, 1.82) is 0 Å². The van der Waals surface area contributed by atoms with Gasteiger partial charge in [0.15, 0.2) is 5.65 Å². The molecule has 0 bridgehead atoms. The second-order valence-corrected chi connectivity index (χ2v) is 7.88. The van der Waals surface area contributed by atoms with Gasteiger partial charge in [-0.2, -0.15) is 10.1 Å². The number of aryl methyl sites for hydroxylation is 2. The molecule has 0 aliphatic rings. The van der Waals surface area contributed by atoms with Crippen molar-refractivity contribution in [3.63, 3.8) is 0 Å². The van der Waals surface area contributed by atoms with Crippen molar-refractivity contribution in [1.82, 2.24) is 24.7 Å². The van der Waals surface area contributed by atoms with E-state index in [9.17, 15) is 4.79 Å². The standard InChI is InChI=1S/C15H20N6OS/c1-8-11(18-9(2)23-8)7-16-14-19-12-10(13(22)20-14)6-17-21(12)15(3,4)5/h6H,7H2,1-5H3,(H2,16,19,20,22). The number of rotatable bonds is 3. The highest BCUT2D eigenvalue weighted by molar-refractivity contribution is 7.11. The van der Waals surface area contributed by atoms with E-state index < -0.39 is 0 Å². The van der Waals surface area contributed by atoms with Gasteiger partial charge in [-0.15, -0.1) is 11.3 Å². The zero-order valence-electron chi connectivity index (χ0n) is 13.9. The minimum atomic E-state index is -0.248. The van der Waals surface area contributed by atoms with Crippen LogP contribution in [0.3, 0.4) is 0 Å². The maximum atomic E-state index is 12.2. The Morgan fingerprint density at radius 2 is 2.04 bits per heavy atom. The Morgan fingerprint density at radius 1 is 1.30 bits per heavy atom. The molecule has 7 nitrogen and oxygen atoms in total. The van der Waals surface area contributed by atoms with Gasteiger partial charge in [0, 0.05) is 4.88 Å². The van der Waals surface area contributed by atoms with Crippen LogP contribution in [0.25, 0.3) is 11.0 Å². The SMILES string of the molecule is Cc1nc(CNc2nc3c(cnn3C(C)(C)C)c(=O)[nH]2)c(C)s1. The molecule has 0 saturated carbocycles. The van der Waals surface area contributed by atoms with Gasteiger partial charge in [-0.1, -0.05) is 0 Å². The number of hydrogen-bond donors (Lipinski definition) is 2. The first-order chi connectivity index (χ1) is 10.8. The lowest BCUT2D eigenvalue weighted by Crippen LogP contribution is -2.24. The van der Waals surface area contributed by atoms with E-state index in [0.717, 1.165) is 15.6 Å². The summed E-state index contributed by atoms with van der Waals surface area (Å²) in [7, 11) is 0. The second-order valence-electron chi connectivity index (χ2n) is 6.47. The van der Waals surface area contributed by atoms with Crippen molar-refractivity contribution in [2.75, 3.05) is 5.32 Å². The van der Waals surface area contributed by atoms with E-state index in [0.29, 0.717) is 23.5 Å². The molecule has 3 heterocycles. The van der Waals surface area contributed by atoms with E-state index in [4.69, 9.17) is 0 Å². The summed E-state index contributed by atoms with van der Waals surface area (Å²) in [4.78, 5) is 25.1. The summed E-state index contributed by atoms with van der Waals surface area (Å²) in [5, 5.41) is 8.97. The fraction of sp³-hybridized carbons (Fsp3) is 0.467. The predicted octanol–water partition coefficient (Wildman–Crippen LogP) is 2.56. The van der Waals surface area contributed by atoms with Crippen LogP contribution in [0.2, 0.25) is 0 Å². The molecule has 0 fully saturated rings. The van der Waals surface area contributed by atoms with Crippen LogP contribution in [0.5, 0.6) is 0 Å². The third-order valence-corrected chi connectivity index (χ3v) is 4.42. The minimum Gasteiger partial charge on any atom is -0.350 e. The molecule has 2 N–H and O–H groups in total. The quantitative estimate of drug-likeness (QED) is 0.769. The first-order valence-corrected chi connectivity index (χ1v) is 8.22. The highest BCUT2D eigenvalue weighted by Gasteiger charge is 2.19. The number of hydrogen-bond acceptors (Lipinski definition) is 6. The lowest BCUT2D eigenvalue weighted by molar-refractivity contribution is 0.366. The number of fused-ring (bicyclic) bond motifs is 1. The Bertz CT molecular complexity index is 914. The fourth-order valence-electron chi connectivity index (χ4n) is 2.40. The van der Waals surface area contributed by atoms with Gasteiger partial charge < -0.3 is 5.32 Å². The molecule has 3 aromatic rings. The van der Waals surface area contributed by atoms with Crippen molar-refractivity contribution in [2.24, 2.45) is 0 Å². The number of aromatic amines is 1. The number of nitrogens with one attached hydrogen (secondary N) is 2. The number of thiazole rings is 1. The number of H-pyrrole nitrogens is 1. The van der Waals surface area contributed by atoms with Gasteiger partial charge in [0.05, 0.1) is 29.0 Å². The number of aromatic nitrogens is 5. The van der Waals surface area contributed by atoms with Gasteiger partial charge >= 0.3 is 0 Å². The van der Waals surface area contributed by atoms with Crippen LogP contribution in [0.4, 0.5) is 5.95 Å². The average Bonchev–Trinajstić information content (AvgIpc) is 2.99. The molecule has 0 aliphatic carbocycles. The third-order valence-electron chi connectivity index (χ3n) is 3.50. The molecule has 8 heteroatoms. The summed E-state index contributed by atoms with van der Waals surface area (Å²) >= 11 is 1.66. The van der Waals surface area contributed by atoms with E-state index in [-0.39, 0.29) is 11.1 Å². The molecule has 23 heavy (non-hydrogen) atoms. The van der Waals surface area contributed by atoms with Gasteiger partial charge in [-0.05, 0) is 34.6 Å². The molecular weight excluding hydrogens is 312 g/mol. The Kier molecular flexibility index (Phi) is 3.71. The molecule has 0 atom stereocenters. The lowest BCUT2D eigenvalue weighted by atomic mass is 10.1. The minimum absolute atomic E-state index is 0.195. The van der Waals surface area contributed by atoms with E-state index in [2.05, 4.69) is 25.4 Å². The van der Waals surface area contributed by atoms with Crippen LogP contribution in [0.1, 0.15) is 36.3 Å². The molecule has 0 unspecified atom stereocenters. The molecule has 0 amide bonds. The summed E-state index contributed by atoms with van der Waals surface area (Å²) in [6.07, 6.45) is 1.56. The van der Waals surface area contributed by atoms with E-state index in [1.807, 2.05) is 34.6 Å². The number of anilines is 1. The van der Waals surface area contributed by atoms with Crippen molar-refractivity contribution in [2.45, 2.75) is 46.7 Å². The molecule has 122 valence electrons. The fourth-order valence-corrected chi connectivity index (χ4v) is 3.23. The number of nitrogens with zero attached hydrogens (tertiary/aromatic N) is 4. The van der Waals surface area contributed by atoms with Gasteiger partial charge in [-0.25, -0.2) is 9.67 Å². The highest BCUT2D eigenvalue weighted by Crippen LogP contribution is 2.20. The van der Waals surface area contributed by atoms with Crippen molar-refractivity contribution in [3.8, 4) is 0 Å². The smallest absolute Gasteiger partial charge is 0.263 e. The first-order valence-electron chi connectivity index (χ1n) is 7.41. The summed E-state index contributed by atoms with van der Waals surface area (Å²) < 4.78 is 1.76. The summed E-state index contributed by atoms with van der Waals surface area (Å²) in [5.41, 5.74) is 1.11. The van der Waals surface area contributed by atoms with Crippen LogP contribution in [-0.4, -0.2) is 24.7 Å². The molecule has 0 radical (unpaired) electrons. The molecular formula is C15H20N6OS. The maximum Gasteiger partial charge on any atom is 0.263 e. The molecule has 0 saturated heterocycles. The van der Waals surface area contributed by atoms with Crippen molar-refractivity contribution < 1.29 is 0 Å². The predicted molar refractivity (Wildman–Crippen MR) is 92.1 cm³/mol. The summed E-state index contributed by atoms with van der Waals surface area (Å²) in [6.45, 7) is 10.6. The van der Waals surface area contributed by atoms with Crippen molar-refractivity contribution in [3.05, 3.63) is 32.1 Å². The normalized spacial score (nSPS) is 12.0. The Labute approximate surface area is 137 Å². The Hall–Kier alpha value is -2.22. The van der Waals surface area contributed by atoms with Crippen LogP contribution in [0.15, 0.2) is 11.0 Å². The van der Waals surface area contributed by atoms with Crippen LogP contribution < -0.4 is 10.9 Å². The third kappa shape index (κ3) is 2.98. The topological polar surface area (TPSA) is 88.5 Å². The van der Waals surface area contributed by atoms with E-state index in [1.54, 1.807) is 22.2 Å². The first kappa shape index (κ1) is 15.7. The van der Waals surface area contributed by atoms with E-state index in [1.165, 1.54) is 0 Å². The van der Waals surface area contributed by atoms with Gasteiger partial charge in [0.2, 0.25) is 5.95 Å². The van der Waals surface area contributed by atoms with Gasteiger partial charge in [0.1, 0.15) is 5.39 Å². The van der Waals surface area contributed by atoms with Gasteiger partial charge in [-0.3, -0.25) is 9.78 Å². The molecule has 3 aromatic heterocycles. The van der Waals surface area contributed by atoms with Gasteiger partial charge in [0.25, 0.3) is 5.56 Å². The largest absolute Gasteiger partial charge is 0.350 e. The van der Waals surface area contributed by atoms with Crippen molar-refractivity contribution >= 4 is 28.3 Å². The summed E-state index contributed by atoms with van der Waals surface area (Å²) in [6, 6.07) is 0. The zero-order chi connectivity index (χ0) is 16.8. The monoisotopic (exact) mass is 332 g/mol. The summed E-state index contributed by atoms with van der Waals surface area (Å²) in [5.74, 6) is 0.429. The molecule has 0 aromatic carbocycles. The highest BCUT2D eigenvalue weighted by atomic mass is 32.1.